The van der Waals surface area contributed by atoms with Crippen molar-refractivity contribution in [3.8, 4) is 0 Å². The number of urea groups is 1. The lowest BCUT2D eigenvalue weighted by Gasteiger charge is -2.42. The lowest BCUT2D eigenvalue weighted by Crippen LogP contribution is -2.52. The third-order valence-corrected chi connectivity index (χ3v) is 7.35. The van der Waals surface area contributed by atoms with Crippen LogP contribution in [0.5, 0.6) is 0 Å². The number of amides is 3. The molecule has 0 radical (unpaired) electrons. The van der Waals surface area contributed by atoms with Crippen molar-refractivity contribution in [2.75, 3.05) is 25.0 Å². The van der Waals surface area contributed by atoms with E-state index in [1.165, 1.54) is 16.5 Å². The fourth-order valence-corrected chi connectivity index (χ4v) is 5.78. The highest BCUT2D eigenvalue weighted by atomic mass is 16.2. The number of anilines is 1. The van der Waals surface area contributed by atoms with Crippen LogP contribution in [-0.2, 0) is 18.3 Å². The van der Waals surface area contributed by atoms with Crippen LogP contribution in [-0.4, -0.2) is 52.0 Å². The van der Waals surface area contributed by atoms with Crippen LogP contribution in [0.2, 0.25) is 0 Å². The minimum absolute atomic E-state index is 0.0863. The van der Waals surface area contributed by atoms with Crippen LogP contribution in [0, 0.1) is 5.92 Å². The first-order valence-electron chi connectivity index (χ1n) is 11.8. The van der Waals surface area contributed by atoms with E-state index >= 15 is 0 Å². The van der Waals surface area contributed by atoms with E-state index < -0.39 is 0 Å². The van der Waals surface area contributed by atoms with Gasteiger partial charge in [-0.25, -0.2) is 4.79 Å². The van der Waals surface area contributed by atoms with Crippen molar-refractivity contribution in [1.82, 2.24) is 14.4 Å². The molecule has 168 valence electrons. The highest BCUT2D eigenvalue weighted by Gasteiger charge is 2.41. The Kier molecular flexibility index (Phi) is 4.75. The Morgan fingerprint density at radius 1 is 1.00 bits per heavy atom. The molecule has 3 aromatic rings. The summed E-state index contributed by atoms with van der Waals surface area (Å²) < 4.78 is 2.16. The highest BCUT2D eigenvalue weighted by molar-refractivity contribution is 6.01. The van der Waals surface area contributed by atoms with Crippen molar-refractivity contribution in [3.05, 3.63) is 71.9 Å². The summed E-state index contributed by atoms with van der Waals surface area (Å²) in [6, 6.07) is 15.7. The predicted molar refractivity (Wildman–Crippen MR) is 130 cm³/mol. The zero-order chi connectivity index (χ0) is 22.5. The van der Waals surface area contributed by atoms with Crippen LogP contribution in [0.1, 0.15) is 24.0 Å². The molecule has 2 aromatic carbocycles. The Labute approximate surface area is 193 Å². The Balaban J connectivity index is 1.42. The van der Waals surface area contributed by atoms with Gasteiger partial charge >= 0.3 is 6.03 Å². The normalized spacial score (nSPS) is 21.7. The van der Waals surface area contributed by atoms with Gasteiger partial charge in [-0.05, 0) is 54.2 Å². The molecule has 0 spiro atoms. The van der Waals surface area contributed by atoms with Gasteiger partial charge in [-0.1, -0.05) is 36.4 Å². The first kappa shape index (κ1) is 20.1. The largest absolute Gasteiger partial charge is 0.350 e. The van der Waals surface area contributed by atoms with Crippen molar-refractivity contribution in [2.24, 2.45) is 13.0 Å². The third kappa shape index (κ3) is 3.32. The van der Waals surface area contributed by atoms with Crippen LogP contribution in [0.15, 0.2) is 60.8 Å². The van der Waals surface area contributed by atoms with E-state index in [0.29, 0.717) is 6.54 Å². The second-order valence-corrected chi connectivity index (χ2v) is 9.39. The molecule has 3 aliphatic rings. The van der Waals surface area contributed by atoms with Crippen molar-refractivity contribution in [3.63, 3.8) is 0 Å². The average molecular weight is 441 g/mol. The van der Waals surface area contributed by atoms with Crippen molar-refractivity contribution in [2.45, 2.75) is 25.3 Å². The Bertz CT molecular complexity index is 1270. The molecule has 2 atom stereocenters. The maximum absolute atomic E-state index is 13.5. The van der Waals surface area contributed by atoms with Gasteiger partial charge in [-0.2, -0.15) is 0 Å². The summed E-state index contributed by atoms with van der Waals surface area (Å²) in [5.74, 6) is -0.182. The summed E-state index contributed by atoms with van der Waals surface area (Å²) in [5, 5.41) is 4.31. The molecular weight excluding hydrogens is 412 g/mol. The Hall–Kier alpha value is -3.54. The van der Waals surface area contributed by atoms with E-state index in [9.17, 15) is 9.59 Å². The topological polar surface area (TPSA) is 57.6 Å². The number of rotatable bonds is 2. The second-order valence-electron chi connectivity index (χ2n) is 9.39. The summed E-state index contributed by atoms with van der Waals surface area (Å²) >= 11 is 0. The molecule has 3 amide bonds. The zero-order valence-corrected chi connectivity index (χ0v) is 18.8. The molecule has 6 rings (SSSR count). The minimum atomic E-state index is -0.323. The van der Waals surface area contributed by atoms with Gasteiger partial charge in [-0.3, -0.25) is 4.79 Å². The highest BCUT2D eigenvalue weighted by Crippen LogP contribution is 2.42. The fourth-order valence-electron chi connectivity index (χ4n) is 5.78. The Morgan fingerprint density at radius 3 is 2.58 bits per heavy atom. The maximum atomic E-state index is 13.5. The van der Waals surface area contributed by atoms with Crippen LogP contribution in [0.4, 0.5) is 10.5 Å². The molecule has 2 aliphatic heterocycles. The van der Waals surface area contributed by atoms with Crippen LogP contribution < -0.4 is 5.32 Å². The number of hydrogen-bond donors (Lipinski definition) is 1. The number of nitrogens with one attached hydrogen (secondary N) is 1. The molecule has 0 bridgehead atoms. The molecule has 3 heterocycles. The molecule has 6 heteroatoms. The van der Waals surface area contributed by atoms with Gasteiger partial charge in [0, 0.05) is 49.5 Å². The summed E-state index contributed by atoms with van der Waals surface area (Å²) in [7, 11) is 2.07. The van der Waals surface area contributed by atoms with Gasteiger partial charge in [0.05, 0.1) is 12.0 Å². The number of carbonyl (C=O) groups is 2. The number of likely N-dealkylation sites (tertiary alicyclic amines) is 1. The number of carbonyl (C=O) groups excluding carboxylic acids is 2. The lowest BCUT2D eigenvalue weighted by molar-refractivity contribution is -0.133. The van der Waals surface area contributed by atoms with E-state index in [2.05, 4.69) is 47.4 Å². The van der Waals surface area contributed by atoms with Crippen LogP contribution in [0.3, 0.4) is 0 Å². The number of nitrogens with zero attached hydrogens (tertiary/aromatic N) is 3. The fraction of sp³-hybridized carbons (Fsp3) is 0.333. The van der Waals surface area contributed by atoms with Gasteiger partial charge in [-0.15, -0.1) is 0 Å². The van der Waals surface area contributed by atoms with Crippen LogP contribution in [0.25, 0.3) is 16.5 Å². The van der Waals surface area contributed by atoms with Gasteiger partial charge < -0.3 is 19.7 Å². The molecular formula is C27H28N4O2. The summed E-state index contributed by atoms with van der Waals surface area (Å²) in [5.41, 5.74) is 5.46. The Morgan fingerprint density at radius 2 is 1.79 bits per heavy atom. The quantitative estimate of drug-likeness (QED) is 0.647. The van der Waals surface area contributed by atoms with Crippen molar-refractivity contribution in [1.29, 1.82) is 0 Å². The minimum Gasteiger partial charge on any atom is -0.350 e. The first-order chi connectivity index (χ1) is 16.1. The molecule has 1 fully saturated rings. The molecule has 33 heavy (non-hydrogen) atoms. The van der Waals surface area contributed by atoms with E-state index in [4.69, 9.17) is 0 Å². The number of para-hydroxylation sites is 1. The van der Waals surface area contributed by atoms with Gasteiger partial charge in [0.25, 0.3) is 0 Å². The van der Waals surface area contributed by atoms with Gasteiger partial charge in [0.2, 0.25) is 5.91 Å². The van der Waals surface area contributed by atoms with Crippen LogP contribution >= 0.6 is 0 Å². The zero-order valence-electron chi connectivity index (χ0n) is 18.8. The second kappa shape index (κ2) is 7.80. The molecule has 6 nitrogen and oxygen atoms in total. The molecule has 0 saturated carbocycles. The summed E-state index contributed by atoms with van der Waals surface area (Å²) in [6.07, 6.45) is 7.21. The first-order valence-corrected chi connectivity index (χ1v) is 11.8. The SMILES string of the molecule is Cn1cc2c3c(cccc31)C1=C[C@@H](C(=O)N3CCCC3)CN(C(=O)Nc3ccccc3)[C@@H]1C2. The molecule has 1 aliphatic carbocycles. The molecule has 1 aromatic heterocycles. The number of benzene rings is 2. The van der Waals surface area contributed by atoms with E-state index in [1.807, 2.05) is 40.1 Å². The van der Waals surface area contributed by atoms with E-state index in [0.717, 1.165) is 49.2 Å². The monoisotopic (exact) mass is 440 g/mol. The number of fused-ring (bicyclic) bond motifs is 2. The number of aromatic nitrogens is 1. The lowest BCUT2D eigenvalue weighted by atomic mass is 9.79. The van der Waals surface area contributed by atoms with Crippen molar-refractivity contribution < 1.29 is 9.59 Å². The van der Waals surface area contributed by atoms with Gasteiger partial charge in [0.15, 0.2) is 0 Å². The van der Waals surface area contributed by atoms with E-state index in [-0.39, 0.29) is 23.9 Å². The van der Waals surface area contributed by atoms with Crippen molar-refractivity contribution >= 4 is 34.1 Å². The molecule has 0 unspecified atom stereocenters. The predicted octanol–water partition coefficient (Wildman–Crippen LogP) is 4.27. The summed E-state index contributed by atoms with van der Waals surface area (Å²) in [6.45, 7) is 2.04. The summed E-state index contributed by atoms with van der Waals surface area (Å²) in [4.78, 5) is 30.8. The average Bonchev–Trinajstić information content (AvgIpc) is 3.48. The number of hydrogen-bond acceptors (Lipinski definition) is 2. The third-order valence-electron chi connectivity index (χ3n) is 7.35. The standard InChI is InChI=1S/C27H28N4O2/c1-29-16-18-15-24-22(21-10-7-11-23(29)25(18)21)14-19(26(32)30-12-5-6-13-30)17-31(24)27(33)28-20-8-3-2-4-9-20/h2-4,7-11,14,16,19,24H,5-6,12-13,15,17H2,1H3,(H,28,33)/t19-,24-/m1/s1. The number of aryl methyl sites for hydroxylation is 1. The molecule has 1 saturated heterocycles. The van der Waals surface area contributed by atoms with Gasteiger partial charge in [0.1, 0.15) is 0 Å². The smallest absolute Gasteiger partial charge is 0.322 e. The van der Waals surface area contributed by atoms with E-state index in [1.54, 1.807) is 0 Å². The molecule has 1 N–H and O–H groups in total. The maximum Gasteiger partial charge on any atom is 0.322 e.